The second-order valence-electron chi connectivity index (χ2n) is 4.56. The van der Waals surface area contributed by atoms with Gasteiger partial charge in [0, 0.05) is 29.4 Å². The van der Waals surface area contributed by atoms with E-state index in [9.17, 15) is 23.3 Å². The Bertz CT molecular complexity index is 574. The lowest BCUT2D eigenvalue weighted by Crippen LogP contribution is -2.31. The molecule has 0 heterocycles. The summed E-state index contributed by atoms with van der Waals surface area (Å²) in [5, 5.41) is 11.0. The van der Waals surface area contributed by atoms with Gasteiger partial charge in [-0.1, -0.05) is 0 Å². The Hall–Kier alpha value is -2.05. The molecule has 108 valence electrons. The van der Waals surface area contributed by atoms with Gasteiger partial charge in [0.25, 0.3) is 0 Å². The third kappa shape index (κ3) is 2.61. The van der Waals surface area contributed by atoms with Crippen molar-refractivity contribution in [2.24, 2.45) is 0 Å². The Labute approximate surface area is 113 Å². The van der Waals surface area contributed by atoms with Crippen LogP contribution in [0.4, 0.5) is 13.2 Å². The van der Waals surface area contributed by atoms with Crippen molar-refractivity contribution in [3.63, 3.8) is 0 Å². The van der Waals surface area contributed by atoms with Crippen LogP contribution in [0.1, 0.15) is 24.3 Å². The van der Waals surface area contributed by atoms with Crippen molar-refractivity contribution in [3.8, 4) is 0 Å². The van der Waals surface area contributed by atoms with E-state index in [-0.39, 0.29) is 18.4 Å². The van der Waals surface area contributed by atoms with Crippen LogP contribution < -0.4 is 0 Å². The van der Waals surface area contributed by atoms with Gasteiger partial charge in [-0.15, -0.1) is 0 Å². The summed E-state index contributed by atoms with van der Waals surface area (Å²) in [6.07, 6.45) is 1.69. The number of methoxy groups -OCH3 is 1. The van der Waals surface area contributed by atoms with Crippen LogP contribution in [0.3, 0.4) is 0 Å². The summed E-state index contributed by atoms with van der Waals surface area (Å²) in [5.74, 6) is -3.95. The molecule has 1 aliphatic carbocycles. The zero-order valence-electron chi connectivity index (χ0n) is 10.6. The number of allylic oxidation sites excluding steroid dienone is 1. The average Bonchev–Trinajstić information content (AvgIpc) is 2.42. The maximum Gasteiger partial charge on any atom is 0.223 e. The number of nitrogens with zero attached hydrogens (tertiary/aromatic N) is 1. The summed E-state index contributed by atoms with van der Waals surface area (Å²) in [6, 6.07) is 0.00458. The van der Waals surface area contributed by atoms with Crippen molar-refractivity contribution in [2.75, 3.05) is 7.11 Å². The standard InChI is InChI=1S/C13H12F3NO3/c1-20-7-2-3-13(17(18)19)9(4-7)8-5-11(15)12(16)6-10(8)14/h2,5-6,9,13H,3-4H2,1H3. The summed E-state index contributed by atoms with van der Waals surface area (Å²) in [6.45, 7) is 0. The fourth-order valence-electron chi connectivity index (χ4n) is 2.39. The van der Waals surface area contributed by atoms with E-state index in [1.807, 2.05) is 0 Å². The number of ether oxygens (including phenoxy) is 1. The lowest BCUT2D eigenvalue weighted by atomic mass is 9.82. The highest BCUT2D eigenvalue weighted by Gasteiger charge is 2.38. The van der Waals surface area contributed by atoms with Gasteiger partial charge in [-0.3, -0.25) is 10.1 Å². The average molecular weight is 287 g/mol. The molecule has 1 aliphatic rings. The van der Waals surface area contributed by atoms with Crippen LogP contribution in [-0.4, -0.2) is 18.1 Å². The maximum atomic E-state index is 13.8. The zero-order valence-corrected chi connectivity index (χ0v) is 10.6. The SMILES string of the molecule is COC1=CCC([N+](=O)[O-])C(c2cc(F)c(F)cc2F)C1. The fourth-order valence-corrected chi connectivity index (χ4v) is 2.39. The first-order chi connectivity index (χ1) is 9.43. The summed E-state index contributed by atoms with van der Waals surface area (Å²) >= 11 is 0. The van der Waals surface area contributed by atoms with Crippen molar-refractivity contribution in [3.05, 3.63) is 57.1 Å². The molecule has 0 saturated carbocycles. The van der Waals surface area contributed by atoms with E-state index >= 15 is 0 Å². The van der Waals surface area contributed by atoms with E-state index in [2.05, 4.69) is 0 Å². The first-order valence-corrected chi connectivity index (χ1v) is 5.95. The van der Waals surface area contributed by atoms with Gasteiger partial charge in [0.2, 0.25) is 6.04 Å². The number of hydrogen-bond acceptors (Lipinski definition) is 3. The molecule has 0 radical (unpaired) electrons. The monoisotopic (exact) mass is 287 g/mol. The zero-order chi connectivity index (χ0) is 14.9. The molecular weight excluding hydrogens is 275 g/mol. The second kappa shape index (κ2) is 5.52. The van der Waals surface area contributed by atoms with Crippen LogP contribution in [0.15, 0.2) is 24.0 Å². The molecule has 0 bridgehead atoms. The van der Waals surface area contributed by atoms with Crippen molar-refractivity contribution >= 4 is 0 Å². The Morgan fingerprint density at radius 2 is 1.90 bits per heavy atom. The minimum Gasteiger partial charge on any atom is -0.501 e. The maximum absolute atomic E-state index is 13.8. The predicted octanol–water partition coefficient (Wildman–Crippen LogP) is 3.16. The third-order valence-electron chi connectivity index (χ3n) is 3.44. The van der Waals surface area contributed by atoms with E-state index in [1.165, 1.54) is 7.11 Å². The van der Waals surface area contributed by atoms with E-state index < -0.39 is 34.3 Å². The van der Waals surface area contributed by atoms with Gasteiger partial charge in [0.1, 0.15) is 5.82 Å². The molecule has 2 rings (SSSR count). The van der Waals surface area contributed by atoms with Gasteiger partial charge in [0.05, 0.1) is 18.8 Å². The summed E-state index contributed by atoms with van der Waals surface area (Å²) in [4.78, 5) is 10.5. The summed E-state index contributed by atoms with van der Waals surface area (Å²) in [5.41, 5.74) is -0.201. The quantitative estimate of drug-likeness (QED) is 0.487. The minimum absolute atomic E-state index is 0.0548. The molecule has 1 aromatic rings. The second-order valence-corrected chi connectivity index (χ2v) is 4.56. The summed E-state index contributed by atoms with van der Waals surface area (Å²) in [7, 11) is 1.40. The van der Waals surface area contributed by atoms with E-state index in [4.69, 9.17) is 4.74 Å². The predicted molar refractivity (Wildman–Crippen MR) is 64.2 cm³/mol. The number of halogens is 3. The van der Waals surface area contributed by atoms with Crippen molar-refractivity contribution in [2.45, 2.75) is 24.8 Å². The number of nitro groups is 1. The molecule has 4 nitrogen and oxygen atoms in total. The van der Waals surface area contributed by atoms with Crippen LogP contribution >= 0.6 is 0 Å². The molecule has 0 fully saturated rings. The number of hydrogen-bond donors (Lipinski definition) is 0. The molecule has 0 aromatic heterocycles. The molecule has 0 N–H and O–H groups in total. The Balaban J connectivity index is 2.45. The molecule has 0 saturated heterocycles. The van der Waals surface area contributed by atoms with Crippen molar-refractivity contribution in [1.29, 1.82) is 0 Å². The summed E-state index contributed by atoms with van der Waals surface area (Å²) < 4.78 is 45.0. The lowest BCUT2D eigenvalue weighted by Gasteiger charge is -2.25. The Morgan fingerprint density at radius 3 is 2.50 bits per heavy atom. The number of rotatable bonds is 3. The smallest absolute Gasteiger partial charge is 0.223 e. The van der Waals surface area contributed by atoms with E-state index in [0.717, 1.165) is 0 Å². The molecule has 0 spiro atoms. The van der Waals surface area contributed by atoms with Gasteiger partial charge < -0.3 is 4.74 Å². The first kappa shape index (κ1) is 14.4. The molecule has 0 aliphatic heterocycles. The third-order valence-corrected chi connectivity index (χ3v) is 3.44. The Morgan fingerprint density at radius 1 is 1.25 bits per heavy atom. The largest absolute Gasteiger partial charge is 0.501 e. The molecular formula is C13H12F3NO3. The van der Waals surface area contributed by atoms with Gasteiger partial charge in [-0.25, -0.2) is 13.2 Å². The van der Waals surface area contributed by atoms with Crippen LogP contribution in [-0.2, 0) is 4.74 Å². The van der Waals surface area contributed by atoms with Gasteiger partial charge >= 0.3 is 0 Å². The highest BCUT2D eigenvalue weighted by atomic mass is 19.2. The van der Waals surface area contributed by atoms with Gasteiger partial charge in [-0.2, -0.15) is 0 Å². The lowest BCUT2D eigenvalue weighted by molar-refractivity contribution is -0.527. The van der Waals surface area contributed by atoms with E-state index in [0.29, 0.717) is 17.9 Å². The number of benzene rings is 1. The van der Waals surface area contributed by atoms with Crippen LogP contribution in [0.2, 0.25) is 0 Å². The first-order valence-electron chi connectivity index (χ1n) is 5.95. The normalized spacial score (nSPS) is 22.3. The fraction of sp³-hybridized carbons (Fsp3) is 0.385. The highest BCUT2D eigenvalue weighted by Crippen LogP contribution is 2.36. The molecule has 1 aromatic carbocycles. The van der Waals surface area contributed by atoms with Crippen molar-refractivity contribution < 1.29 is 22.8 Å². The van der Waals surface area contributed by atoms with Crippen LogP contribution in [0.25, 0.3) is 0 Å². The van der Waals surface area contributed by atoms with Crippen LogP contribution in [0.5, 0.6) is 0 Å². The topological polar surface area (TPSA) is 52.4 Å². The highest BCUT2D eigenvalue weighted by molar-refractivity contribution is 5.28. The molecule has 0 amide bonds. The van der Waals surface area contributed by atoms with Crippen molar-refractivity contribution in [1.82, 2.24) is 0 Å². The van der Waals surface area contributed by atoms with E-state index in [1.54, 1.807) is 6.08 Å². The van der Waals surface area contributed by atoms with Gasteiger partial charge in [-0.05, 0) is 12.1 Å². The van der Waals surface area contributed by atoms with Gasteiger partial charge in [0.15, 0.2) is 11.6 Å². The minimum atomic E-state index is -1.32. The molecule has 2 atom stereocenters. The molecule has 20 heavy (non-hydrogen) atoms. The van der Waals surface area contributed by atoms with Crippen LogP contribution in [0, 0.1) is 27.6 Å². The molecule has 7 heteroatoms. The Kier molecular flexibility index (Phi) is 3.96. The molecule has 2 unspecified atom stereocenters.